The number of pyridine rings is 1. The van der Waals surface area contributed by atoms with E-state index in [-0.39, 0.29) is 17.6 Å². The molecule has 2 heterocycles. The molecule has 0 fully saturated rings. The Morgan fingerprint density at radius 3 is 2.60 bits per heavy atom. The second-order valence-corrected chi connectivity index (χ2v) is 7.17. The topological polar surface area (TPSA) is 77.0 Å². The highest BCUT2D eigenvalue weighted by Gasteiger charge is 2.20. The lowest BCUT2D eigenvalue weighted by Gasteiger charge is -2.21. The summed E-state index contributed by atoms with van der Waals surface area (Å²) in [6, 6.07) is 5.45. The number of nitrogens with zero attached hydrogens (tertiary/aromatic N) is 4. The van der Waals surface area contributed by atoms with Crippen LogP contribution in [0, 0.1) is 19.8 Å². The molecule has 1 amide bonds. The molecule has 0 radical (unpaired) electrons. The summed E-state index contributed by atoms with van der Waals surface area (Å²) in [7, 11) is 1.74. The fourth-order valence-corrected chi connectivity index (χ4v) is 2.71. The number of aromatic nitrogens is 3. The fourth-order valence-electron chi connectivity index (χ4n) is 2.52. The Labute approximate surface area is 154 Å². The number of halogens is 1. The summed E-state index contributed by atoms with van der Waals surface area (Å²) in [5.74, 6) is 0.731. The summed E-state index contributed by atoms with van der Waals surface area (Å²) >= 11 is 6.22. The van der Waals surface area contributed by atoms with Gasteiger partial charge in [-0.3, -0.25) is 4.79 Å². The van der Waals surface area contributed by atoms with E-state index < -0.39 is 0 Å². The zero-order valence-electron chi connectivity index (χ0n) is 15.5. The zero-order valence-corrected chi connectivity index (χ0v) is 16.2. The number of aryl methyl sites for hydroxylation is 2. The summed E-state index contributed by atoms with van der Waals surface area (Å²) in [5.41, 5.74) is 8.13. The third kappa shape index (κ3) is 4.58. The van der Waals surface area contributed by atoms with Crippen molar-refractivity contribution in [3.05, 3.63) is 40.3 Å². The number of hydrogen-bond acceptors (Lipinski definition) is 4. The minimum absolute atomic E-state index is 0.0553. The molecule has 6 nitrogen and oxygen atoms in total. The molecule has 0 aliphatic rings. The minimum atomic E-state index is -0.218. The second-order valence-electron chi connectivity index (χ2n) is 6.76. The molecule has 2 N–H and O–H groups in total. The third-order valence-electron chi connectivity index (χ3n) is 4.26. The van der Waals surface area contributed by atoms with Crippen LogP contribution in [0.15, 0.2) is 18.2 Å². The summed E-state index contributed by atoms with van der Waals surface area (Å²) in [6.45, 7) is 8.56. The highest BCUT2D eigenvalue weighted by atomic mass is 35.5. The first-order valence-electron chi connectivity index (χ1n) is 8.42. The van der Waals surface area contributed by atoms with Crippen LogP contribution < -0.4 is 5.73 Å². The highest BCUT2D eigenvalue weighted by Crippen LogP contribution is 2.19. The normalized spacial score (nSPS) is 12.5. The van der Waals surface area contributed by atoms with Gasteiger partial charge in [0.15, 0.2) is 5.82 Å². The molecule has 2 rings (SSSR count). The van der Waals surface area contributed by atoms with Gasteiger partial charge >= 0.3 is 0 Å². The van der Waals surface area contributed by atoms with Crippen molar-refractivity contribution in [1.29, 1.82) is 0 Å². The van der Waals surface area contributed by atoms with Gasteiger partial charge in [0, 0.05) is 25.3 Å². The van der Waals surface area contributed by atoms with Gasteiger partial charge < -0.3 is 10.6 Å². The quantitative estimate of drug-likeness (QED) is 0.855. The predicted octanol–water partition coefficient (Wildman–Crippen LogP) is 2.98. The number of amides is 1. The van der Waals surface area contributed by atoms with Gasteiger partial charge in [-0.1, -0.05) is 25.4 Å². The molecule has 7 heteroatoms. The minimum Gasteiger partial charge on any atom is -0.340 e. The van der Waals surface area contributed by atoms with Gasteiger partial charge in [0.05, 0.1) is 10.7 Å². The van der Waals surface area contributed by atoms with E-state index in [4.69, 9.17) is 17.3 Å². The molecule has 2 aromatic heterocycles. The van der Waals surface area contributed by atoms with Crippen molar-refractivity contribution < 1.29 is 4.79 Å². The van der Waals surface area contributed by atoms with E-state index in [0.29, 0.717) is 23.3 Å². The van der Waals surface area contributed by atoms with Crippen molar-refractivity contribution in [3.63, 3.8) is 0 Å². The zero-order chi connectivity index (χ0) is 18.7. The smallest absolute Gasteiger partial charge is 0.273 e. The van der Waals surface area contributed by atoms with Gasteiger partial charge in [0.2, 0.25) is 0 Å². The van der Waals surface area contributed by atoms with Crippen molar-refractivity contribution in [2.75, 3.05) is 13.6 Å². The molecular weight excluding hydrogens is 338 g/mol. The van der Waals surface area contributed by atoms with Crippen LogP contribution in [0.5, 0.6) is 0 Å². The summed E-state index contributed by atoms with van der Waals surface area (Å²) in [4.78, 5) is 18.8. The molecule has 0 aromatic carbocycles. The monoisotopic (exact) mass is 363 g/mol. The molecule has 25 heavy (non-hydrogen) atoms. The lowest BCUT2D eigenvalue weighted by atomic mass is 10.0. The maximum atomic E-state index is 12.7. The molecule has 1 atom stereocenters. The first-order valence-corrected chi connectivity index (χ1v) is 8.79. The number of nitrogens with two attached hydrogens (primary N) is 1. The maximum Gasteiger partial charge on any atom is 0.273 e. The van der Waals surface area contributed by atoms with Gasteiger partial charge in [-0.25, -0.2) is 9.67 Å². The predicted molar refractivity (Wildman–Crippen MR) is 100 cm³/mol. The molecule has 1 unspecified atom stereocenters. The molecule has 2 aromatic rings. The number of rotatable bonds is 6. The van der Waals surface area contributed by atoms with Crippen molar-refractivity contribution in [1.82, 2.24) is 19.7 Å². The SMILES string of the molecule is Cc1cc(C)n(-c2ccc(Cl)c(C(=O)N(C)CCC(N)C(C)C)n2)n1. The Hall–Kier alpha value is -1.92. The van der Waals surface area contributed by atoms with Gasteiger partial charge in [0.1, 0.15) is 5.69 Å². The molecule has 0 aliphatic carbocycles. The van der Waals surface area contributed by atoms with Gasteiger partial charge in [-0.15, -0.1) is 0 Å². The molecular formula is C18H26ClN5O. The van der Waals surface area contributed by atoms with Gasteiger partial charge in [-0.2, -0.15) is 5.10 Å². The van der Waals surface area contributed by atoms with Crippen LogP contribution in [0.25, 0.3) is 5.82 Å². The van der Waals surface area contributed by atoms with Crippen LogP contribution >= 0.6 is 11.6 Å². The van der Waals surface area contributed by atoms with Crippen LogP contribution in [-0.2, 0) is 0 Å². The first kappa shape index (κ1) is 19.4. The third-order valence-corrected chi connectivity index (χ3v) is 4.57. The van der Waals surface area contributed by atoms with Gasteiger partial charge in [0.25, 0.3) is 5.91 Å². The van der Waals surface area contributed by atoms with E-state index >= 15 is 0 Å². The fraction of sp³-hybridized carbons (Fsp3) is 0.500. The Balaban J connectivity index is 2.22. The Bertz CT molecular complexity index is 756. The van der Waals surface area contributed by atoms with Crippen molar-refractivity contribution in [2.45, 2.75) is 40.2 Å². The van der Waals surface area contributed by atoms with E-state index in [9.17, 15) is 4.79 Å². The van der Waals surface area contributed by atoms with Crippen molar-refractivity contribution >= 4 is 17.5 Å². The largest absolute Gasteiger partial charge is 0.340 e. The Morgan fingerprint density at radius 1 is 1.36 bits per heavy atom. The second kappa shape index (κ2) is 7.97. The average molecular weight is 364 g/mol. The average Bonchev–Trinajstić information content (AvgIpc) is 2.90. The standard InChI is InChI=1S/C18H26ClN5O/c1-11(2)15(20)8-9-23(5)18(25)17-14(19)6-7-16(21-17)24-13(4)10-12(3)22-24/h6-7,10-11,15H,8-9,20H2,1-5H3. The Morgan fingerprint density at radius 2 is 2.04 bits per heavy atom. The van der Waals surface area contributed by atoms with Crippen LogP contribution in [0.3, 0.4) is 0 Å². The van der Waals surface area contributed by atoms with Crippen LogP contribution in [-0.4, -0.2) is 45.2 Å². The van der Waals surface area contributed by atoms with Crippen molar-refractivity contribution in [3.8, 4) is 5.82 Å². The number of hydrogen-bond donors (Lipinski definition) is 1. The van der Waals surface area contributed by atoms with E-state index in [0.717, 1.165) is 17.8 Å². The van der Waals surface area contributed by atoms with Crippen LogP contribution in [0.2, 0.25) is 5.02 Å². The van der Waals surface area contributed by atoms with Gasteiger partial charge in [-0.05, 0) is 44.4 Å². The highest BCUT2D eigenvalue weighted by molar-refractivity contribution is 6.33. The first-order chi connectivity index (χ1) is 11.7. The lowest BCUT2D eigenvalue weighted by molar-refractivity contribution is 0.0783. The summed E-state index contributed by atoms with van der Waals surface area (Å²) in [6.07, 6.45) is 0.731. The van der Waals surface area contributed by atoms with E-state index in [2.05, 4.69) is 23.9 Å². The Kier molecular flexibility index (Phi) is 6.19. The van der Waals surface area contributed by atoms with Crippen molar-refractivity contribution in [2.24, 2.45) is 11.7 Å². The molecule has 0 spiro atoms. The molecule has 0 bridgehead atoms. The lowest BCUT2D eigenvalue weighted by Crippen LogP contribution is -2.35. The molecule has 136 valence electrons. The van der Waals surface area contributed by atoms with E-state index in [1.807, 2.05) is 19.9 Å². The molecule has 0 aliphatic heterocycles. The molecule has 0 saturated carbocycles. The maximum absolute atomic E-state index is 12.7. The number of carbonyl (C=O) groups excluding carboxylic acids is 1. The van der Waals surface area contributed by atoms with E-state index in [1.54, 1.807) is 28.8 Å². The molecule has 0 saturated heterocycles. The summed E-state index contributed by atoms with van der Waals surface area (Å²) < 4.78 is 1.71. The van der Waals surface area contributed by atoms with Crippen LogP contribution in [0.4, 0.5) is 0 Å². The van der Waals surface area contributed by atoms with E-state index in [1.165, 1.54) is 0 Å². The summed E-state index contributed by atoms with van der Waals surface area (Å²) in [5, 5.41) is 4.73. The van der Waals surface area contributed by atoms with Crippen LogP contribution in [0.1, 0.15) is 42.1 Å². The number of carbonyl (C=O) groups is 1.